The third-order valence-corrected chi connectivity index (χ3v) is 8.08. The van der Waals surface area contributed by atoms with Crippen LogP contribution in [0, 0.1) is 11.8 Å². The van der Waals surface area contributed by atoms with Crippen molar-refractivity contribution < 1.29 is 28.7 Å². The van der Waals surface area contributed by atoms with Crippen molar-refractivity contribution in [3.8, 4) is 5.75 Å². The van der Waals surface area contributed by atoms with E-state index in [-0.39, 0.29) is 42.1 Å². The van der Waals surface area contributed by atoms with Gasteiger partial charge in [-0.05, 0) is 70.0 Å². The molecule has 0 bridgehead atoms. The maximum Gasteiger partial charge on any atom is 0.225 e. The van der Waals surface area contributed by atoms with Crippen LogP contribution in [-0.2, 0) is 36.8 Å². The van der Waals surface area contributed by atoms with E-state index >= 15 is 0 Å². The van der Waals surface area contributed by atoms with Gasteiger partial charge >= 0.3 is 0 Å². The molecule has 5 atom stereocenters. The molecule has 0 radical (unpaired) electrons. The summed E-state index contributed by atoms with van der Waals surface area (Å²) in [5.41, 5.74) is 0.848. The van der Waals surface area contributed by atoms with Crippen LogP contribution in [0.1, 0.15) is 37.8 Å². The second-order valence-electron chi connectivity index (χ2n) is 11.5. The van der Waals surface area contributed by atoms with Crippen LogP contribution in [0.5, 0.6) is 5.75 Å². The first-order valence-corrected chi connectivity index (χ1v) is 14.2. The summed E-state index contributed by atoms with van der Waals surface area (Å²) in [7, 11) is 3.55. The van der Waals surface area contributed by atoms with Gasteiger partial charge in [0.15, 0.2) is 11.6 Å². The van der Waals surface area contributed by atoms with Crippen molar-refractivity contribution in [3.05, 3.63) is 65.7 Å². The van der Waals surface area contributed by atoms with Crippen LogP contribution in [0.15, 0.2) is 54.6 Å². The molecule has 2 aromatic carbocycles. The summed E-state index contributed by atoms with van der Waals surface area (Å²) in [6.45, 7) is 5.21. The van der Waals surface area contributed by atoms with E-state index in [1.807, 2.05) is 49.5 Å². The molecular weight excluding hydrogens is 522 g/mol. The highest BCUT2D eigenvalue weighted by molar-refractivity contribution is 5.98. The molecule has 220 valence electrons. The molecule has 2 saturated heterocycles. The number of carbonyl (C=O) groups excluding carboxylic acids is 4. The zero-order valence-electron chi connectivity index (χ0n) is 24.4. The summed E-state index contributed by atoms with van der Waals surface area (Å²) in [5, 5.41) is 5.80. The Morgan fingerprint density at radius 2 is 1.68 bits per heavy atom. The van der Waals surface area contributed by atoms with Gasteiger partial charge in [-0.3, -0.25) is 19.2 Å². The summed E-state index contributed by atoms with van der Waals surface area (Å²) in [5.74, 6) is -1.16. The van der Waals surface area contributed by atoms with Crippen molar-refractivity contribution >= 4 is 23.4 Å². The average Bonchev–Trinajstić information content (AvgIpc) is 3.57. The molecule has 2 heterocycles. The highest BCUT2D eigenvalue weighted by Gasteiger charge is 2.50. The molecule has 41 heavy (non-hydrogen) atoms. The zero-order chi connectivity index (χ0) is 29.6. The van der Waals surface area contributed by atoms with Gasteiger partial charge in [0, 0.05) is 18.9 Å². The summed E-state index contributed by atoms with van der Waals surface area (Å²) < 4.78 is 10.7. The van der Waals surface area contributed by atoms with Gasteiger partial charge in [0.25, 0.3) is 0 Å². The van der Waals surface area contributed by atoms with Gasteiger partial charge in [-0.25, -0.2) is 0 Å². The summed E-state index contributed by atoms with van der Waals surface area (Å²) in [4.78, 5) is 55.3. The van der Waals surface area contributed by atoms with Gasteiger partial charge in [0.05, 0.1) is 31.7 Å². The Morgan fingerprint density at radius 1 is 1.02 bits per heavy atom. The van der Waals surface area contributed by atoms with E-state index in [1.54, 1.807) is 33.1 Å². The first-order valence-electron chi connectivity index (χ1n) is 14.2. The number of ketones is 2. The molecule has 0 aromatic heterocycles. The summed E-state index contributed by atoms with van der Waals surface area (Å²) in [6.07, 6.45) is 1.28. The van der Waals surface area contributed by atoms with Gasteiger partial charge in [-0.1, -0.05) is 42.5 Å². The van der Waals surface area contributed by atoms with Crippen molar-refractivity contribution in [2.45, 2.75) is 57.2 Å². The molecule has 0 unspecified atom stereocenters. The first-order chi connectivity index (χ1) is 19.6. The monoisotopic (exact) mass is 563 g/mol. The van der Waals surface area contributed by atoms with E-state index in [0.29, 0.717) is 25.3 Å². The number of likely N-dealkylation sites (tertiary alicyclic amines) is 1. The third kappa shape index (κ3) is 8.24. The lowest BCUT2D eigenvalue weighted by atomic mass is 9.89. The van der Waals surface area contributed by atoms with Crippen molar-refractivity contribution in [1.82, 2.24) is 15.5 Å². The number of amides is 2. The van der Waals surface area contributed by atoms with Gasteiger partial charge in [-0.15, -0.1) is 0 Å². The lowest BCUT2D eigenvalue weighted by Gasteiger charge is -2.24. The molecule has 2 aliphatic rings. The maximum atomic E-state index is 13.8. The molecule has 2 N–H and O–H groups in total. The molecule has 0 saturated carbocycles. The topological polar surface area (TPSA) is 117 Å². The van der Waals surface area contributed by atoms with Crippen LogP contribution < -0.4 is 15.4 Å². The smallest absolute Gasteiger partial charge is 0.225 e. The fourth-order valence-electron chi connectivity index (χ4n) is 5.25. The number of hydrogen-bond donors (Lipinski definition) is 2. The number of carbonyl (C=O) groups is 4. The van der Waals surface area contributed by atoms with Crippen LogP contribution in [-0.4, -0.2) is 79.8 Å². The minimum Gasteiger partial charge on any atom is -0.497 e. The van der Waals surface area contributed by atoms with Crippen molar-refractivity contribution in [1.29, 1.82) is 0 Å². The highest BCUT2D eigenvalue weighted by atomic mass is 16.6. The normalized spacial score (nSPS) is 22.3. The van der Waals surface area contributed by atoms with Crippen LogP contribution >= 0.6 is 0 Å². The Hall–Kier alpha value is -3.56. The molecule has 4 rings (SSSR count). The van der Waals surface area contributed by atoms with Crippen LogP contribution in [0.2, 0.25) is 0 Å². The molecular formula is C32H41N3O6. The molecule has 2 amide bonds. The van der Waals surface area contributed by atoms with Crippen molar-refractivity contribution in [2.75, 3.05) is 33.9 Å². The number of benzene rings is 2. The van der Waals surface area contributed by atoms with Crippen LogP contribution in [0.4, 0.5) is 0 Å². The quantitative estimate of drug-likeness (QED) is 0.339. The standard InChI is InChI=1S/C32H41N3O6/c1-21(33-30(38)24-14-15-35(3)19-24)28(36)18-25(16-23-10-12-26(40-4)13-11-23)31(39)34-27(29(37)32(2)20-41-32)17-22-8-6-5-7-9-22/h5-13,21,24-25,27H,14-20H2,1-4H3,(H,33,38)(H,34,39)/t21-,24+,25+,27-,32+/m0/s1. The molecule has 2 fully saturated rings. The fourth-order valence-corrected chi connectivity index (χ4v) is 5.25. The number of nitrogens with zero attached hydrogens (tertiary/aromatic N) is 1. The molecule has 2 aliphatic heterocycles. The Labute approximate surface area is 242 Å². The molecule has 9 heteroatoms. The molecule has 9 nitrogen and oxygen atoms in total. The Kier molecular flexibility index (Phi) is 9.94. The Bertz CT molecular complexity index is 1230. The van der Waals surface area contributed by atoms with E-state index in [1.165, 1.54) is 0 Å². The molecule has 2 aromatic rings. The van der Waals surface area contributed by atoms with Crippen LogP contribution in [0.25, 0.3) is 0 Å². The number of rotatable bonds is 14. The number of nitrogens with one attached hydrogen (secondary N) is 2. The number of ether oxygens (including phenoxy) is 2. The van der Waals surface area contributed by atoms with E-state index < -0.39 is 23.6 Å². The Balaban J connectivity index is 1.49. The van der Waals surface area contributed by atoms with Gasteiger partial charge in [-0.2, -0.15) is 0 Å². The summed E-state index contributed by atoms with van der Waals surface area (Å²) >= 11 is 0. The second kappa shape index (κ2) is 13.4. The largest absolute Gasteiger partial charge is 0.497 e. The predicted octanol–water partition coefficient (Wildman–Crippen LogP) is 2.36. The first kappa shape index (κ1) is 30.4. The van der Waals surface area contributed by atoms with Gasteiger partial charge in [0.2, 0.25) is 11.8 Å². The minimum absolute atomic E-state index is 0.0795. The molecule has 0 spiro atoms. The predicted molar refractivity (Wildman–Crippen MR) is 154 cm³/mol. The van der Waals surface area contributed by atoms with E-state index in [0.717, 1.165) is 24.1 Å². The minimum atomic E-state index is -0.916. The average molecular weight is 564 g/mol. The maximum absolute atomic E-state index is 13.8. The van der Waals surface area contributed by atoms with Crippen molar-refractivity contribution in [3.63, 3.8) is 0 Å². The van der Waals surface area contributed by atoms with E-state index in [4.69, 9.17) is 9.47 Å². The van der Waals surface area contributed by atoms with E-state index in [9.17, 15) is 19.2 Å². The van der Waals surface area contributed by atoms with Gasteiger partial charge < -0.3 is 25.0 Å². The van der Waals surface area contributed by atoms with Crippen LogP contribution in [0.3, 0.4) is 0 Å². The second-order valence-corrected chi connectivity index (χ2v) is 11.5. The zero-order valence-corrected chi connectivity index (χ0v) is 24.4. The lowest BCUT2D eigenvalue weighted by Crippen LogP contribution is -2.50. The third-order valence-electron chi connectivity index (χ3n) is 8.08. The molecule has 0 aliphatic carbocycles. The Morgan fingerprint density at radius 3 is 2.27 bits per heavy atom. The number of epoxide rings is 1. The lowest BCUT2D eigenvalue weighted by molar-refractivity contribution is -0.134. The highest BCUT2D eigenvalue weighted by Crippen LogP contribution is 2.29. The fraction of sp³-hybridized carbons (Fsp3) is 0.500. The van der Waals surface area contributed by atoms with Gasteiger partial charge in [0.1, 0.15) is 11.4 Å². The SMILES string of the molecule is COc1ccc(C[C@H](CC(=O)[C@H](C)NC(=O)[C@@H]2CCN(C)C2)C(=O)N[C@@H](Cc2ccccc2)C(=O)[C@@]2(C)CO2)cc1. The number of hydrogen-bond acceptors (Lipinski definition) is 7. The number of Topliss-reactive ketones (excluding diaryl/α,β-unsaturated/α-hetero) is 2. The summed E-state index contributed by atoms with van der Waals surface area (Å²) in [6, 6.07) is 15.3. The van der Waals surface area contributed by atoms with Crippen molar-refractivity contribution in [2.24, 2.45) is 11.8 Å². The van der Waals surface area contributed by atoms with E-state index in [2.05, 4.69) is 15.5 Å². The number of methoxy groups -OCH3 is 1.